The Labute approximate surface area is 44.9 Å². The van der Waals surface area contributed by atoms with E-state index in [1.165, 1.54) is 12.3 Å². The number of nitrogens with zero attached hydrogens (tertiary/aromatic N) is 3. The topological polar surface area (TPSA) is 68.1 Å². The van der Waals surface area contributed by atoms with E-state index in [2.05, 4.69) is 20.3 Å². The Morgan fingerprint density at radius 2 is 2.50 bits per heavy atom. The molecule has 0 atom stereocenters. The molecule has 0 saturated heterocycles. The van der Waals surface area contributed by atoms with Crippen LogP contribution in [-0.4, -0.2) is 20.7 Å². The summed E-state index contributed by atoms with van der Waals surface area (Å²) in [5.41, 5.74) is 0. The molecule has 0 radical (unpaired) electrons. The summed E-state index contributed by atoms with van der Waals surface area (Å²) in [7, 11) is 0. The van der Waals surface area contributed by atoms with Gasteiger partial charge in [-0.25, -0.2) is 5.26 Å². The summed E-state index contributed by atoms with van der Waals surface area (Å²) in [6.45, 7) is 0. The van der Waals surface area contributed by atoms with Crippen molar-refractivity contribution in [2.45, 2.75) is 0 Å². The highest BCUT2D eigenvalue weighted by atomic mass is 17.1. The van der Waals surface area contributed by atoms with Crippen molar-refractivity contribution < 1.29 is 10.1 Å². The fraction of sp³-hybridized carbons (Fsp3) is 0. The molecule has 0 aliphatic heterocycles. The van der Waals surface area contributed by atoms with Crippen molar-refractivity contribution in [3.05, 3.63) is 12.3 Å². The van der Waals surface area contributed by atoms with Gasteiger partial charge in [0.15, 0.2) is 0 Å². The van der Waals surface area contributed by atoms with Gasteiger partial charge in [-0.3, -0.25) is 0 Å². The monoisotopic (exact) mass is 113 g/mol. The molecule has 0 aromatic carbocycles. The summed E-state index contributed by atoms with van der Waals surface area (Å²) in [6.07, 6.45) is 1.36. The highest BCUT2D eigenvalue weighted by Gasteiger charge is 1.87. The van der Waals surface area contributed by atoms with Gasteiger partial charge in [0, 0.05) is 6.07 Å². The van der Waals surface area contributed by atoms with Crippen LogP contribution in [-0.2, 0) is 0 Å². The predicted molar refractivity (Wildman–Crippen MR) is 23.1 cm³/mol. The Morgan fingerprint density at radius 1 is 1.62 bits per heavy atom. The molecule has 0 aliphatic rings. The van der Waals surface area contributed by atoms with Crippen LogP contribution in [0.25, 0.3) is 0 Å². The van der Waals surface area contributed by atoms with Crippen molar-refractivity contribution in [3.8, 4) is 5.88 Å². The van der Waals surface area contributed by atoms with Crippen LogP contribution >= 0.6 is 0 Å². The Kier molecular flexibility index (Phi) is 1.34. The van der Waals surface area contributed by atoms with E-state index in [0.29, 0.717) is 0 Å². The minimum atomic E-state index is 0.0417. The zero-order valence-electron chi connectivity index (χ0n) is 3.85. The normalized spacial score (nSPS) is 8.62. The van der Waals surface area contributed by atoms with E-state index < -0.39 is 0 Å². The summed E-state index contributed by atoms with van der Waals surface area (Å²) >= 11 is 0. The molecule has 5 heteroatoms. The molecule has 1 aromatic heterocycles. The van der Waals surface area contributed by atoms with E-state index in [-0.39, 0.29) is 5.88 Å². The van der Waals surface area contributed by atoms with Crippen molar-refractivity contribution in [1.29, 1.82) is 0 Å². The Balaban J connectivity index is 2.83. The molecule has 5 nitrogen and oxygen atoms in total. The summed E-state index contributed by atoms with van der Waals surface area (Å²) < 4.78 is 0. The standard InChI is InChI=1S/C3H3N3O2/c7-8-3-1-2-4-6-5-3/h1-2,7H. The van der Waals surface area contributed by atoms with Gasteiger partial charge in [0.25, 0.3) is 5.88 Å². The third-order valence-corrected chi connectivity index (χ3v) is 0.572. The van der Waals surface area contributed by atoms with Gasteiger partial charge in [-0.2, -0.15) is 0 Å². The molecule has 0 spiro atoms. The molecule has 0 aliphatic carbocycles. The molecule has 1 heterocycles. The van der Waals surface area contributed by atoms with Gasteiger partial charge in [-0.05, 0) is 5.21 Å². The SMILES string of the molecule is OOc1ccnnn1. The molecule has 1 rings (SSSR count). The van der Waals surface area contributed by atoms with Gasteiger partial charge < -0.3 is 4.89 Å². The average molecular weight is 113 g/mol. The van der Waals surface area contributed by atoms with Gasteiger partial charge in [0.05, 0.1) is 6.20 Å². The lowest BCUT2D eigenvalue weighted by atomic mass is 10.7. The Morgan fingerprint density at radius 3 is 2.88 bits per heavy atom. The first-order chi connectivity index (χ1) is 3.93. The molecule has 1 N–H and O–H groups in total. The van der Waals surface area contributed by atoms with E-state index in [1.807, 2.05) is 0 Å². The van der Waals surface area contributed by atoms with Crippen LogP contribution in [0.3, 0.4) is 0 Å². The summed E-state index contributed by atoms with van der Waals surface area (Å²) in [4.78, 5) is 3.70. The zero-order chi connectivity index (χ0) is 5.82. The molecule has 0 unspecified atom stereocenters. The maximum atomic E-state index is 7.91. The second-order valence-electron chi connectivity index (χ2n) is 1.05. The van der Waals surface area contributed by atoms with Crippen molar-refractivity contribution in [1.82, 2.24) is 15.4 Å². The minimum Gasteiger partial charge on any atom is -0.318 e. The highest BCUT2D eigenvalue weighted by molar-refractivity contribution is 5.00. The minimum absolute atomic E-state index is 0.0417. The fourth-order valence-electron chi connectivity index (χ4n) is 0.279. The molecule has 0 bridgehead atoms. The maximum Gasteiger partial charge on any atom is 0.278 e. The van der Waals surface area contributed by atoms with E-state index in [1.54, 1.807) is 0 Å². The van der Waals surface area contributed by atoms with Crippen molar-refractivity contribution in [2.24, 2.45) is 0 Å². The van der Waals surface area contributed by atoms with Crippen molar-refractivity contribution in [2.75, 3.05) is 0 Å². The van der Waals surface area contributed by atoms with Crippen LogP contribution in [0.4, 0.5) is 0 Å². The lowest BCUT2D eigenvalue weighted by Crippen LogP contribution is -1.90. The molecule has 0 amide bonds. The fourth-order valence-corrected chi connectivity index (χ4v) is 0.279. The molecule has 1 aromatic rings. The zero-order valence-corrected chi connectivity index (χ0v) is 3.85. The number of hydrogen-bond acceptors (Lipinski definition) is 5. The quantitative estimate of drug-likeness (QED) is 0.400. The molecule has 42 valence electrons. The van der Waals surface area contributed by atoms with Gasteiger partial charge in [0.1, 0.15) is 0 Å². The highest BCUT2D eigenvalue weighted by Crippen LogP contribution is 1.95. The van der Waals surface area contributed by atoms with E-state index in [9.17, 15) is 0 Å². The molecule has 0 saturated carbocycles. The van der Waals surface area contributed by atoms with E-state index in [4.69, 9.17) is 5.26 Å². The first kappa shape index (κ1) is 4.92. The van der Waals surface area contributed by atoms with Crippen LogP contribution in [0.5, 0.6) is 5.88 Å². The Bertz CT molecular complexity index is 154. The lowest BCUT2D eigenvalue weighted by Gasteiger charge is -1.86. The van der Waals surface area contributed by atoms with Crippen molar-refractivity contribution >= 4 is 0 Å². The van der Waals surface area contributed by atoms with Gasteiger partial charge in [-0.15, -0.1) is 5.10 Å². The molecule has 8 heavy (non-hydrogen) atoms. The lowest BCUT2D eigenvalue weighted by molar-refractivity contribution is -0.142. The van der Waals surface area contributed by atoms with Gasteiger partial charge >= 0.3 is 0 Å². The third-order valence-electron chi connectivity index (χ3n) is 0.572. The van der Waals surface area contributed by atoms with Crippen LogP contribution in [0, 0.1) is 0 Å². The van der Waals surface area contributed by atoms with Gasteiger partial charge in [0.2, 0.25) is 0 Å². The largest absolute Gasteiger partial charge is 0.318 e. The number of rotatable bonds is 1. The second kappa shape index (κ2) is 2.17. The third kappa shape index (κ3) is 0.881. The van der Waals surface area contributed by atoms with Crippen molar-refractivity contribution in [3.63, 3.8) is 0 Å². The van der Waals surface area contributed by atoms with E-state index >= 15 is 0 Å². The first-order valence-electron chi connectivity index (χ1n) is 1.89. The molecular formula is C3H3N3O2. The average Bonchev–Trinajstić information content (AvgIpc) is 1.90. The van der Waals surface area contributed by atoms with Crippen LogP contribution in [0.1, 0.15) is 0 Å². The van der Waals surface area contributed by atoms with Crippen LogP contribution in [0.15, 0.2) is 12.3 Å². The summed E-state index contributed by atoms with van der Waals surface area (Å²) in [6, 6.07) is 1.38. The molecule has 0 fully saturated rings. The Hall–Kier alpha value is -1.23. The summed E-state index contributed by atoms with van der Waals surface area (Å²) in [5.74, 6) is 0.0417. The van der Waals surface area contributed by atoms with Crippen LogP contribution in [0.2, 0.25) is 0 Å². The van der Waals surface area contributed by atoms with Gasteiger partial charge in [-0.1, -0.05) is 5.10 Å². The second-order valence-corrected chi connectivity index (χ2v) is 1.05. The number of hydrogen-bond donors (Lipinski definition) is 1. The first-order valence-corrected chi connectivity index (χ1v) is 1.89. The maximum absolute atomic E-state index is 7.91. The van der Waals surface area contributed by atoms with E-state index in [0.717, 1.165) is 0 Å². The summed E-state index contributed by atoms with van der Waals surface area (Å²) in [5, 5.41) is 17.7. The number of aromatic nitrogens is 3. The smallest absolute Gasteiger partial charge is 0.278 e. The molecular weight excluding hydrogens is 110 g/mol. The predicted octanol–water partition coefficient (Wildman–Crippen LogP) is -0.277. The van der Waals surface area contributed by atoms with Crippen LogP contribution < -0.4 is 4.89 Å².